The van der Waals surface area contributed by atoms with Gasteiger partial charge in [-0.05, 0) is 45.1 Å². The number of likely N-dealkylation sites (tertiary alicyclic amines) is 1. The molecule has 1 amide bonds. The highest BCUT2D eigenvalue weighted by molar-refractivity contribution is 6.04. The normalized spacial score (nSPS) is 15.0. The Balaban J connectivity index is 0.00000280. The Hall–Kier alpha value is -2.32. The molecule has 0 spiro atoms. The molecule has 5 nitrogen and oxygen atoms in total. The van der Waals surface area contributed by atoms with E-state index in [9.17, 15) is 18.0 Å². The second-order valence-corrected chi connectivity index (χ2v) is 6.72. The molecule has 3 rings (SSSR count). The molecular formula is C19H22ClF3N4O. The van der Waals surface area contributed by atoms with Gasteiger partial charge >= 0.3 is 0 Å². The van der Waals surface area contributed by atoms with E-state index in [1.165, 1.54) is 6.07 Å². The zero-order valence-corrected chi connectivity index (χ0v) is 16.4. The van der Waals surface area contributed by atoms with Crippen LogP contribution >= 0.6 is 12.4 Å². The molecule has 0 bridgehead atoms. The Labute approximate surface area is 168 Å². The second-order valence-electron chi connectivity index (χ2n) is 6.72. The molecule has 1 fully saturated rings. The highest BCUT2D eigenvalue weighted by Crippen LogP contribution is 2.22. The molecule has 1 aliphatic heterocycles. The number of aromatic nitrogens is 1. The van der Waals surface area contributed by atoms with E-state index in [1.807, 2.05) is 18.0 Å². The van der Waals surface area contributed by atoms with Crippen LogP contribution in [0.1, 0.15) is 23.2 Å². The van der Waals surface area contributed by atoms with Gasteiger partial charge in [-0.15, -0.1) is 12.4 Å². The molecule has 0 radical (unpaired) electrons. The molecule has 0 atom stereocenters. The standard InChI is InChI=1S/C19H21F3N4O.ClH/c1-25-8-6-13(7-9-25)26(2)17-5-3-4-16(23-17)24-19(27)18-14(21)10-12(20)11-15(18)22;/h3-5,10-11,13H,6-9H2,1-2H3,(H,23,24,27);1H. The van der Waals surface area contributed by atoms with Crippen molar-refractivity contribution in [3.05, 3.63) is 53.3 Å². The first-order valence-electron chi connectivity index (χ1n) is 8.69. The number of amides is 1. The van der Waals surface area contributed by atoms with Gasteiger partial charge in [0.2, 0.25) is 0 Å². The van der Waals surface area contributed by atoms with Crippen molar-refractivity contribution in [2.45, 2.75) is 18.9 Å². The number of nitrogens with one attached hydrogen (secondary N) is 1. The SMILES string of the molecule is CN1CCC(N(C)c2cccc(NC(=O)c3c(F)cc(F)cc3F)n2)CC1.Cl. The lowest BCUT2D eigenvalue weighted by Gasteiger charge is -2.35. The molecule has 2 aromatic rings. The molecule has 1 aliphatic rings. The summed E-state index contributed by atoms with van der Waals surface area (Å²) in [6, 6.07) is 6.31. The van der Waals surface area contributed by atoms with Gasteiger partial charge in [0, 0.05) is 25.2 Å². The minimum atomic E-state index is -1.26. The molecule has 1 aromatic carbocycles. The lowest BCUT2D eigenvalue weighted by atomic mass is 10.0. The summed E-state index contributed by atoms with van der Waals surface area (Å²) in [6.45, 7) is 1.99. The number of benzene rings is 1. The fourth-order valence-corrected chi connectivity index (χ4v) is 3.20. The van der Waals surface area contributed by atoms with Crippen LogP contribution in [0.2, 0.25) is 0 Å². The third kappa shape index (κ3) is 4.94. The molecule has 1 aromatic heterocycles. The maximum absolute atomic E-state index is 13.8. The molecule has 0 aliphatic carbocycles. The minimum absolute atomic E-state index is 0. The molecule has 1 saturated heterocycles. The van der Waals surface area contributed by atoms with E-state index in [-0.39, 0.29) is 18.2 Å². The van der Waals surface area contributed by atoms with Crippen molar-refractivity contribution in [3.63, 3.8) is 0 Å². The Kier molecular flexibility index (Phi) is 7.26. The van der Waals surface area contributed by atoms with Crippen LogP contribution in [-0.2, 0) is 0 Å². The third-order valence-electron chi connectivity index (χ3n) is 4.81. The fraction of sp³-hybridized carbons (Fsp3) is 0.368. The molecule has 0 unspecified atom stereocenters. The molecule has 28 heavy (non-hydrogen) atoms. The largest absolute Gasteiger partial charge is 0.357 e. The van der Waals surface area contributed by atoms with Gasteiger partial charge in [0.05, 0.1) is 0 Å². The average Bonchev–Trinajstić information content (AvgIpc) is 2.61. The van der Waals surface area contributed by atoms with Crippen molar-refractivity contribution in [2.24, 2.45) is 0 Å². The Morgan fingerprint density at radius 3 is 2.39 bits per heavy atom. The van der Waals surface area contributed by atoms with Crippen LogP contribution in [-0.4, -0.2) is 49.0 Å². The summed E-state index contributed by atoms with van der Waals surface area (Å²) in [5, 5.41) is 2.38. The monoisotopic (exact) mass is 414 g/mol. The van der Waals surface area contributed by atoms with E-state index in [1.54, 1.807) is 6.07 Å². The number of hydrogen-bond donors (Lipinski definition) is 1. The first kappa shape index (κ1) is 22.0. The maximum Gasteiger partial charge on any atom is 0.262 e. The van der Waals surface area contributed by atoms with Gasteiger partial charge in [-0.2, -0.15) is 0 Å². The topological polar surface area (TPSA) is 48.5 Å². The first-order valence-corrected chi connectivity index (χ1v) is 8.69. The van der Waals surface area contributed by atoms with E-state index in [0.717, 1.165) is 25.9 Å². The van der Waals surface area contributed by atoms with Gasteiger partial charge in [0.25, 0.3) is 5.91 Å². The summed E-state index contributed by atoms with van der Waals surface area (Å²) in [5.41, 5.74) is -0.840. The highest BCUT2D eigenvalue weighted by atomic mass is 35.5. The van der Waals surface area contributed by atoms with Crippen LogP contribution in [0.25, 0.3) is 0 Å². The van der Waals surface area contributed by atoms with Gasteiger partial charge in [0.1, 0.15) is 34.7 Å². The Morgan fingerprint density at radius 1 is 1.18 bits per heavy atom. The number of piperidine rings is 1. The lowest BCUT2D eigenvalue weighted by Crippen LogP contribution is -2.42. The van der Waals surface area contributed by atoms with Gasteiger partial charge in [-0.3, -0.25) is 4.79 Å². The fourth-order valence-electron chi connectivity index (χ4n) is 3.20. The number of nitrogens with zero attached hydrogens (tertiary/aromatic N) is 3. The molecule has 9 heteroatoms. The predicted molar refractivity (Wildman–Crippen MR) is 105 cm³/mol. The van der Waals surface area contributed by atoms with Crippen molar-refractivity contribution in [2.75, 3.05) is 37.4 Å². The second kappa shape index (κ2) is 9.25. The maximum atomic E-state index is 13.8. The van der Waals surface area contributed by atoms with E-state index < -0.39 is 28.9 Å². The van der Waals surface area contributed by atoms with Crippen LogP contribution in [0.5, 0.6) is 0 Å². The number of halogens is 4. The van der Waals surface area contributed by atoms with Gasteiger partial charge in [-0.25, -0.2) is 18.2 Å². The van der Waals surface area contributed by atoms with Gasteiger partial charge in [0.15, 0.2) is 0 Å². The Bertz CT molecular complexity index is 821. The molecule has 0 saturated carbocycles. The van der Waals surface area contributed by atoms with E-state index in [0.29, 0.717) is 24.0 Å². The van der Waals surface area contributed by atoms with Crippen molar-refractivity contribution in [1.82, 2.24) is 9.88 Å². The average molecular weight is 415 g/mol. The van der Waals surface area contributed by atoms with Crippen LogP contribution in [0.3, 0.4) is 0 Å². The Morgan fingerprint density at radius 2 is 1.79 bits per heavy atom. The van der Waals surface area contributed by atoms with Crippen LogP contribution in [0.15, 0.2) is 30.3 Å². The van der Waals surface area contributed by atoms with E-state index >= 15 is 0 Å². The summed E-state index contributed by atoms with van der Waals surface area (Å²) in [7, 11) is 4.02. The summed E-state index contributed by atoms with van der Waals surface area (Å²) in [4.78, 5) is 20.9. The number of carbonyl (C=O) groups excluding carboxylic acids is 1. The van der Waals surface area contributed by atoms with Crippen molar-refractivity contribution in [3.8, 4) is 0 Å². The van der Waals surface area contributed by atoms with Crippen molar-refractivity contribution >= 4 is 29.9 Å². The zero-order chi connectivity index (χ0) is 19.6. The first-order chi connectivity index (χ1) is 12.8. The van der Waals surface area contributed by atoms with Crippen LogP contribution in [0.4, 0.5) is 24.8 Å². The number of rotatable bonds is 4. The van der Waals surface area contributed by atoms with E-state index in [2.05, 4.69) is 22.2 Å². The number of pyridine rings is 1. The molecular weight excluding hydrogens is 393 g/mol. The van der Waals surface area contributed by atoms with Gasteiger partial charge < -0.3 is 15.1 Å². The summed E-state index contributed by atoms with van der Waals surface area (Å²) in [6.07, 6.45) is 1.99. The highest BCUT2D eigenvalue weighted by Gasteiger charge is 2.23. The van der Waals surface area contributed by atoms with E-state index in [4.69, 9.17) is 0 Å². The summed E-state index contributed by atoms with van der Waals surface area (Å²) < 4.78 is 40.6. The predicted octanol–water partition coefficient (Wildman–Crippen LogP) is 3.70. The van der Waals surface area contributed by atoms with Crippen LogP contribution in [0, 0.1) is 17.5 Å². The smallest absolute Gasteiger partial charge is 0.262 e. The van der Waals surface area contributed by atoms with Crippen molar-refractivity contribution < 1.29 is 18.0 Å². The zero-order valence-electron chi connectivity index (χ0n) is 15.6. The number of anilines is 2. The molecule has 1 N–H and O–H groups in total. The van der Waals surface area contributed by atoms with Crippen LogP contribution < -0.4 is 10.2 Å². The quantitative estimate of drug-likeness (QED) is 0.828. The molecule has 152 valence electrons. The number of carbonyl (C=O) groups is 1. The summed E-state index contributed by atoms with van der Waals surface area (Å²) in [5.74, 6) is -3.80. The van der Waals surface area contributed by atoms with Crippen molar-refractivity contribution in [1.29, 1.82) is 0 Å². The molecule has 2 heterocycles. The minimum Gasteiger partial charge on any atom is -0.357 e. The summed E-state index contributed by atoms with van der Waals surface area (Å²) >= 11 is 0. The lowest BCUT2D eigenvalue weighted by molar-refractivity contribution is 0.101. The van der Waals surface area contributed by atoms with Gasteiger partial charge in [-0.1, -0.05) is 6.07 Å². The number of hydrogen-bond acceptors (Lipinski definition) is 4. The third-order valence-corrected chi connectivity index (χ3v) is 4.81.